The third kappa shape index (κ3) is 3.88. The molecule has 7 heteroatoms. The summed E-state index contributed by atoms with van der Waals surface area (Å²) in [5.41, 5.74) is -0.270. The minimum absolute atomic E-state index is 0.181. The zero-order valence-electron chi connectivity index (χ0n) is 14.0. The molecule has 0 aromatic carbocycles. The molecule has 3 saturated heterocycles. The van der Waals surface area contributed by atoms with Gasteiger partial charge in [0.05, 0.1) is 11.2 Å². The molecule has 3 aliphatic heterocycles. The molecule has 3 fully saturated rings. The fourth-order valence-electron chi connectivity index (χ4n) is 4.27. The van der Waals surface area contributed by atoms with Gasteiger partial charge in [-0.25, -0.2) is 8.42 Å². The Bertz CT molecular complexity index is 544. The lowest BCUT2D eigenvalue weighted by atomic mass is 9.77. The number of amides is 1. The number of carbonyl (C=O) groups is 1. The maximum absolute atomic E-state index is 13.1. The lowest BCUT2D eigenvalue weighted by Gasteiger charge is -2.44. The molecule has 0 radical (unpaired) electrons. The Morgan fingerprint density at radius 2 is 1.96 bits per heavy atom. The second-order valence-corrected chi connectivity index (χ2v) is 9.64. The second kappa shape index (κ2) is 6.69. The largest absolute Gasteiger partial charge is 0.381 e. The molecule has 1 spiro atoms. The molecule has 0 aliphatic carbocycles. The van der Waals surface area contributed by atoms with Gasteiger partial charge >= 0.3 is 0 Å². The van der Waals surface area contributed by atoms with Gasteiger partial charge in [-0.2, -0.15) is 0 Å². The zero-order chi connectivity index (χ0) is 16.5. The molecule has 3 rings (SSSR count). The van der Waals surface area contributed by atoms with Crippen molar-refractivity contribution < 1.29 is 17.9 Å². The predicted molar refractivity (Wildman–Crippen MR) is 88.0 cm³/mol. The summed E-state index contributed by atoms with van der Waals surface area (Å²) < 4.78 is 28.2. The molecule has 0 bridgehead atoms. The minimum Gasteiger partial charge on any atom is -0.381 e. The molecule has 0 aromatic heterocycles. The highest BCUT2D eigenvalue weighted by molar-refractivity contribution is 7.90. The third-order valence-electron chi connectivity index (χ3n) is 5.61. The monoisotopic (exact) mass is 344 g/mol. The Kier molecular flexibility index (Phi) is 4.99. The molecule has 0 aromatic rings. The van der Waals surface area contributed by atoms with Crippen LogP contribution in [0.25, 0.3) is 0 Å². The summed E-state index contributed by atoms with van der Waals surface area (Å²) in [6.07, 6.45) is 6.04. The van der Waals surface area contributed by atoms with Crippen LogP contribution in [0.1, 0.15) is 32.1 Å². The summed E-state index contributed by atoms with van der Waals surface area (Å²) >= 11 is 0. The van der Waals surface area contributed by atoms with E-state index in [0.29, 0.717) is 18.5 Å². The van der Waals surface area contributed by atoms with E-state index in [0.717, 1.165) is 65.0 Å². The summed E-state index contributed by atoms with van der Waals surface area (Å²) in [6.45, 7) is 4.48. The van der Waals surface area contributed by atoms with Crippen molar-refractivity contribution in [1.29, 1.82) is 0 Å². The highest BCUT2D eigenvalue weighted by Gasteiger charge is 2.49. The summed E-state index contributed by atoms with van der Waals surface area (Å²) in [5, 5.41) is 0. The van der Waals surface area contributed by atoms with Gasteiger partial charge < -0.3 is 14.5 Å². The molecule has 1 unspecified atom stereocenters. The summed E-state index contributed by atoms with van der Waals surface area (Å²) in [5.74, 6) is 0.485. The van der Waals surface area contributed by atoms with Crippen LogP contribution in [-0.4, -0.2) is 81.6 Å². The standard InChI is InChI=1S/C16H28N2O4S/c1-23(20,21)12-9-17-8-6-16(13-17)5-2-7-18(15(16)19)14-3-10-22-11-4-14/h14H,2-13H2,1H3. The smallest absolute Gasteiger partial charge is 0.230 e. The van der Waals surface area contributed by atoms with Crippen molar-refractivity contribution in [3.8, 4) is 0 Å². The molecule has 23 heavy (non-hydrogen) atoms. The average molecular weight is 344 g/mol. The first-order valence-electron chi connectivity index (χ1n) is 8.69. The van der Waals surface area contributed by atoms with Crippen LogP contribution in [0.4, 0.5) is 0 Å². The average Bonchev–Trinajstić information content (AvgIpc) is 2.93. The van der Waals surface area contributed by atoms with E-state index in [-0.39, 0.29) is 11.2 Å². The molecule has 132 valence electrons. The topological polar surface area (TPSA) is 66.9 Å². The van der Waals surface area contributed by atoms with Gasteiger partial charge in [0.1, 0.15) is 9.84 Å². The van der Waals surface area contributed by atoms with Gasteiger partial charge in [-0.05, 0) is 38.6 Å². The van der Waals surface area contributed by atoms with Crippen LogP contribution < -0.4 is 0 Å². The SMILES string of the molecule is CS(=O)(=O)CCN1CCC2(CCCN(C3CCOCC3)C2=O)C1. The normalized spacial score (nSPS) is 31.2. The van der Waals surface area contributed by atoms with Crippen molar-refractivity contribution in [3.05, 3.63) is 0 Å². The molecule has 0 N–H and O–H groups in total. The first-order valence-corrected chi connectivity index (χ1v) is 10.7. The van der Waals surface area contributed by atoms with Gasteiger partial charge in [-0.15, -0.1) is 0 Å². The van der Waals surface area contributed by atoms with E-state index in [1.165, 1.54) is 6.26 Å². The van der Waals surface area contributed by atoms with Crippen LogP contribution in [0, 0.1) is 5.41 Å². The zero-order valence-corrected chi connectivity index (χ0v) is 14.8. The number of sulfone groups is 1. The molecule has 0 saturated carbocycles. The van der Waals surface area contributed by atoms with E-state index in [4.69, 9.17) is 4.74 Å². The Morgan fingerprint density at radius 3 is 2.65 bits per heavy atom. The Balaban J connectivity index is 1.63. The van der Waals surface area contributed by atoms with Crippen molar-refractivity contribution in [3.63, 3.8) is 0 Å². The van der Waals surface area contributed by atoms with Gasteiger partial charge in [0.15, 0.2) is 0 Å². The molecular formula is C16H28N2O4S. The number of hydrogen-bond acceptors (Lipinski definition) is 5. The van der Waals surface area contributed by atoms with Crippen LogP contribution in [0.3, 0.4) is 0 Å². The van der Waals surface area contributed by atoms with E-state index in [1.54, 1.807) is 0 Å². The van der Waals surface area contributed by atoms with Crippen LogP contribution >= 0.6 is 0 Å². The van der Waals surface area contributed by atoms with E-state index in [9.17, 15) is 13.2 Å². The first-order chi connectivity index (χ1) is 10.9. The highest BCUT2D eigenvalue weighted by Crippen LogP contribution is 2.41. The Morgan fingerprint density at radius 1 is 1.22 bits per heavy atom. The van der Waals surface area contributed by atoms with Gasteiger partial charge in [0.25, 0.3) is 0 Å². The molecule has 1 amide bonds. The Labute approximate surface area is 139 Å². The maximum atomic E-state index is 13.1. The molecule has 3 heterocycles. The number of carbonyl (C=O) groups excluding carboxylic acids is 1. The molecule has 6 nitrogen and oxygen atoms in total. The van der Waals surface area contributed by atoms with Crippen molar-refractivity contribution >= 4 is 15.7 Å². The number of ether oxygens (including phenoxy) is 1. The van der Waals surface area contributed by atoms with E-state index in [2.05, 4.69) is 9.80 Å². The molecule has 1 atom stereocenters. The van der Waals surface area contributed by atoms with E-state index >= 15 is 0 Å². The predicted octanol–water partition coefficient (Wildman–Crippen LogP) is 0.525. The fourth-order valence-corrected chi connectivity index (χ4v) is 4.86. The van der Waals surface area contributed by atoms with Crippen LogP contribution in [-0.2, 0) is 19.4 Å². The summed E-state index contributed by atoms with van der Waals surface area (Å²) in [6, 6.07) is 0.332. The van der Waals surface area contributed by atoms with E-state index < -0.39 is 9.84 Å². The summed E-state index contributed by atoms with van der Waals surface area (Å²) in [7, 11) is -2.95. The number of likely N-dealkylation sites (tertiary alicyclic amines) is 2. The fraction of sp³-hybridized carbons (Fsp3) is 0.938. The van der Waals surface area contributed by atoms with Crippen LogP contribution in [0.15, 0.2) is 0 Å². The third-order valence-corrected chi connectivity index (χ3v) is 6.54. The first kappa shape index (κ1) is 17.2. The van der Waals surface area contributed by atoms with Crippen LogP contribution in [0.5, 0.6) is 0 Å². The van der Waals surface area contributed by atoms with Gasteiger partial charge in [-0.1, -0.05) is 0 Å². The maximum Gasteiger partial charge on any atom is 0.230 e. The number of hydrogen-bond donors (Lipinski definition) is 0. The number of nitrogens with zero attached hydrogens (tertiary/aromatic N) is 2. The molecular weight excluding hydrogens is 316 g/mol. The summed E-state index contributed by atoms with van der Waals surface area (Å²) in [4.78, 5) is 17.4. The van der Waals surface area contributed by atoms with Gasteiger partial charge in [0.2, 0.25) is 5.91 Å². The van der Waals surface area contributed by atoms with Crippen molar-refractivity contribution in [1.82, 2.24) is 9.80 Å². The van der Waals surface area contributed by atoms with Crippen molar-refractivity contribution in [2.24, 2.45) is 5.41 Å². The molecule has 3 aliphatic rings. The van der Waals surface area contributed by atoms with Gasteiger partial charge in [0, 0.05) is 45.1 Å². The van der Waals surface area contributed by atoms with E-state index in [1.807, 2.05) is 0 Å². The second-order valence-electron chi connectivity index (χ2n) is 7.38. The van der Waals surface area contributed by atoms with Crippen LogP contribution in [0.2, 0.25) is 0 Å². The quantitative estimate of drug-likeness (QED) is 0.744. The Hall–Kier alpha value is -0.660. The number of rotatable bonds is 4. The lowest BCUT2D eigenvalue weighted by molar-refractivity contribution is -0.150. The number of piperidine rings is 1. The van der Waals surface area contributed by atoms with Gasteiger partial charge in [-0.3, -0.25) is 4.79 Å². The lowest BCUT2D eigenvalue weighted by Crippen LogP contribution is -2.55. The van der Waals surface area contributed by atoms with Crippen molar-refractivity contribution in [2.75, 3.05) is 51.4 Å². The van der Waals surface area contributed by atoms with Crippen molar-refractivity contribution in [2.45, 2.75) is 38.1 Å². The highest BCUT2D eigenvalue weighted by atomic mass is 32.2. The minimum atomic E-state index is -2.95.